The number of carbonyl (C=O) groups excluding carboxylic acids is 1. The second-order valence-corrected chi connectivity index (χ2v) is 8.22. The van der Waals surface area contributed by atoms with Crippen LogP contribution in [-0.2, 0) is 11.2 Å². The number of carbonyl (C=O) groups is 1. The molecule has 1 aliphatic heterocycles. The number of nitrogens with one attached hydrogen (secondary N) is 1. The van der Waals surface area contributed by atoms with Crippen LogP contribution in [0.4, 0.5) is 0 Å². The third kappa shape index (κ3) is 4.24. The molecule has 0 radical (unpaired) electrons. The van der Waals surface area contributed by atoms with Crippen LogP contribution >= 0.6 is 0 Å². The standard InChI is InChI=1S/C24H31N5O/c1-17-21(11-12-22(30)25-13-16-28-14-7-8-15-28)19(3)29-24(26-17)23(18(2)27-29)20-9-5-4-6-10-20/h4-6,9-10H,7-8,11-16H2,1-3H3,(H,25,30). The maximum absolute atomic E-state index is 12.3. The van der Waals surface area contributed by atoms with Gasteiger partial charge in [0, 0.05) is 36.5 Å². The normalized spacial score (nSPS) is 14.5. The van der Waals surface area contributed by atoms with Crippen molar-refractivity contribution in [3.8, 4) is 11.1 Å². The summed E-state index contributed by atoms with van der Waals surface area (Å²) in [7, 11) is 0. The number of rotatable bonds is 7. The van der Waals surface area contributed by atoms with E-state index in [2.05, 4.69) is 29.3 Å². The van der Waals surface area contributed by atoms with E-state index in [1.54, 1.807) is 0 Å². The highest BCUT2D eigenvalue weighted by Crippen LogP contribution is 2.29. The minimum atomic E-state index is 0.106. The molecule has 3 heterocycles. The van der Waals surface area contributed by atoms with E-state index in [0.29, 0.717) is 12.8 Å². The predicted octanol–water partition coefficient (Wildman–Crippen LogP) is 3.47. The maximum Gasteiger partial charge on any atom is 0.220 e. The van der Waals surface area contributed by atoms with Crippen LogP contribution in [0.2, 0.25) is 0 Å². The van der Waals surface area contributed by atoms with E-state index in [-0.39, 0.29) is 5.91 Å². The summed E-state index contributed by atoms with van der Waals surface area (Å²) in [5.74, 6) is 0.106. The van der Waals surface area contributed by atoms with Crippen molar-refractivity contribution >= 4 is 11.6 Å². The van der Waals surface area contributed by atoms with Crippen LogP contribution < -0.4 is 5.32 Å². The molecule has 4 rings (SSSR count). The molecular weight excluding hydrogens is 374 g/mol. The largest absolute Gasteiger partial charge is 0.355 e. The minimum Gasteiger partial charge on any atom is -0.355 e. The maximum atomic E-state index is 12.3. The first-order chi connectivity index (χ1) is 14.5. The molecule has 1 saturated heterocycles. The molecule has 1 aliphatic rings. The van der Waals surface area contributed by atoms with Crippen LogP contribution in [0.3, 0.4) is 0 Å². The van der Waals surface area contributed by atoms with E-state index in [0.717, 1.165) is 65.6 Å². The SMILES string of the molecule is Cc1nc2c(-c3ccccc3)c(C)nn2c(C)c1CCC(=O)NCCN1CCCC1. The Balaban J connectivity index is 1.47. The predicted molar refractivity (Wildman–Crippen MR) is 120 cm³/mol. The fourth-order valence-corrected chi connectivity index (χ4v) is 4.46. The molecule has 0 bridgehead atoms. The lowest BCUT2D eigenvalue weighted by atomic mass is 10.0. The molecule has 2 aromatic heterocycles. The van der Waals surface area contributed by atoms with Crippen molar-refractivity contribution in [3.05, 3.63) is 53.0 Å². The van der Waals surface area contributed by atoms with Crippen LogP contribution in [0, 0.1) is 20.8 Å². The molecule has 0 unspecified atom stereocenters. The van der Waals surface area contributed by atoms with E-state index >= 15 is 0 Å². The Bertz CT molecular complexity index is 1030. The van der Waals surface area contributed by atoms with Crippen LogP contribution in [0.1, 0.15) is 41.9 Å². The van der Waals surface area contributed by atoms with Gasteiger partial charge in [-0.05, 0) is 64.3 Å². The lowest BCUT2D eigenvalue weighted by Crippen LogP contribution is -2.33. The van der Waals surface area contributed by atoms with E-state index in [4.69, 9.17) is 10.1 Å². The minimum absolute atomic E-state index is 0.106. The molecule has 3 aromatic rings. The first kappa shape index (κ1) is 20.5. The van der Waals surface area contributed by atoms with Gasteiger partial charge in [-0.2, -0.15) is 5.10 Å². The molecule has 158 valence electrons. The number of fused-ring (bicyclic) bond motifs is 1. The van der Waals surface area contributed by atoms with E-state index < -0.39 is 0 Å². The summed E-state index contributed by atoms with van der Waals surface area (Å²) in [6.07, 6.45) is 3.71. The number of hydrogen-bond acceptors (Lipinski definition) is 4. The van der Waals surface area contributed by atoms with Gasteiger partial charge in [-0.1, -0.05) is 30.3 Å². The van der Waals surface area contributed by atoms with Gasteiger partial charge in [0.15, 0.2) is 5.65 Å². The summed E-state index contributed by atoms with van der Waals surface area (Å²) in [4.78, 5) is 19.6. The Morgan fingerprint density at radius 2 is 1.80 bits per heavy atom. The molecule has 0 saturated carbocycles. The second kappa shape index (κ2) is 8.96. The molecule has 6 heteroatoms. The molecule has 1 aromatic carbocycles. The van der Waals surface area contributed by atoms with Crippen LogP contribution in [0.25, 0.3) is 16.8 Å². The molecule has 1 N–H and O–H groups in total. The van der Waals surface area contributed by atoms with E-state index in [1.807, 2.05) is 36.6 Å². The number of hydrogen-bond donors (Lipinski definition) is 1. The van der Waals surface area contributed by atoms with Gasteiger partial charge in [-0.3, -0.25) is 4.79 Å². The van der Waals surface area contributed by atoms with Crippen molar-refractivity contribution in [2.24, 2.45) is 0 Å². The van der Waals surface area contributed by atoms with E-state index in [9.17, 15) is 4.79 Å². The van der Waals surface area contributed by atoms with Crippen molar-refractivity contribution in [1.82, 2.24) is 24.8 Å². The Labute approximate surface area is 178 Å². The van der Waals surface area contributed by atoms with Gasteiger partial charge in [0.2, 0.25) is 5.91 Å². The summed E-state index contributed by atoms with van der Waals surface area (Å²) in [5, 5.41) is 7.83. The lowest BCUT2D eigenvalue weighted by molar-refractivity contribution is -0.121. The third-order valence-corrected chi connectivity index (χ3v) is 6.11. The molecule has 0 aliphatic carbocycles. The highest BCUT2D eigenvalue weighted by molar-refractivity contribution is 5.80. The summed E-state index contributed by atoms with van der Waals surface area (Å²) in [5.41, 5.74) is 7.20. The first-order valence-corrected chi connectivity index (χ1v) is 10.9. The van der Waals surface area contributed by atoms with Crippen molar-refractivity contribution in [2.45, 2.75) is 46.5 Å². The Kier molecular flexibility index (Phi) is 6.13. The Hall–Kier alpha value is -2.73. The number of nitrogens with zero attached hydrogens (tertiary/aromatic N) is 4. The van der Waals surface area contributed by atoms with Crippen LogP contribution in [0.15, 0.2) is 30.3 Å². The zero-order chi connectivity index (χ0) is 21.1. The second-order valence-electron chi connectivity index (χ2n) is 8.22. The number of benzene rings is 1. The summed E-state index contributed by atoms with van der Waals surface area (Å²) >= 11 is 0. The van der Waals surface area contributed by atoms with Gasteiger partial charge in [0.25, 0.3) is 0 Å². The fourth-order valence-electron chi connectivity index (χ4n) is 4.46. The smallest absolute Gasteiger partial charge is 0.220 e. The molecule has 0 spiro atoms. The molecule has 30 heavy (non-hydrogen) atoms. The Morgan fingerprint density at radius 1 is 1.07 bits per heavy atom. The number of amides is 1. The van der Waals surface area contributed by atoms with Gasteiger partial charge in [0.1, 0.15) is 0 Å². The molecule has 0 atom stereocenters. The molecular formula is C24H31N5O. The van der Waals surface area contributed by atoms with Gasteiger partial charge < -0.3 is 10.2 Å². The van der Waals surface area contributed by atoms with Crippen molar-refractivity contribution in [2.75, 3.05) is 26.2 Å². The van der Waals surface area contributed by atoms with Crippen LogP contribution in [-0.4, -0.2) is 51.6 Å². The van der Waals surface area contributed by atoms with Gasteiger partial charge >= 0.3 is 0 Å². The number of aryl methyl sites for hydroxylation is 3. The highest BCUT2D eigenvalue weighted by Gasteiger charge is 2.18. The average Bonchev–Trinajstić information content (AvgIpc) is 3.36. The van der Waals surface area contributed by atoms with Crippen molar-refractivity contribution in [1.29, 1.82) is 0 Å². The lowest BCUT2D eigenvalue weighted by Gasteiger charge is -2.15. The summed E-state index contributed by atoms with van der Waals surface area (Å²) in [6, 6.07) is 10.3. The molecule has 6 nitrogen and oxygen atoms in total. The zero-order valence-electron chi connectivity index (χ0n) is 18.2. The number of aromatic nitrogens is 3. The van der Waals surface area contributed by atoms with Gasteiger partial charge in [-0.15, -0.1) is 0 Å². The average molecular weight is 406 g/mol. The monoisotopic (exact) mass is 405 g/mol. The Morgan fingerprint density at radius 3 is 2.53 bits per heavy atom. The van der Waals surface area contributed by atoms with Crippen LogP contribution in [0.5, 0.6) is 0 Å². The summed E-state index contributed by atoms with van der Waals surface area (Å²) < 4.78 is 1.94. The molecule has 1 fully saturated rings. The fraction of sp³-hybridized carbons (Fsp3) is 0.458. The van der Waals surface area contributed by atoms with Gasteiger partial charge in [0.05, 0.1) is 5.69 Å². The third-order valence-electron chi connectivity index (χ3n) is 6.11. The zero-order valence-corrected chi connectivity index (χ0v) is 18.2. The molecule has 1 amide bonds. The van der Waals surface area contributed by atoms with Crippen molar-refractivity contribution < 1.29 is 4.79 Å². The topological polar surface area (TPSA) is 62.5 Å². The van der Waals surface area contributed by atoms with Gasteiger partial charge in [-0.25, -0.2) is 9.50 Å². The van der Waals surface area contributed by atoms with Crippen molar-refractivity contribution in [3.63, 3.8) is 0 Å². The first-order valence-electron chi connectivity index (χ1n) is 10.9. The quantitative estimate of drug-likeness (QED) is 0.654. The highest BCUT2D eigenvalue weighted by atomic mass is 16.1. The van der Waals surface area contributed by atoms with E-state index in [1.165, 1.54) is 12.8 Å². The number of likely N-dealkylation sites (tertiary alicyclic amines) is 1. The summed E-state index contributed by atoms with van der Waals surface area (Å²) in [6.45, 7) is 10.1.